The van der Waals surface area contributed by atoms with Gasteiger partial charge in [-0.05, 0) is 24.6 Å². The van der Waals surface area contributed by atoms with E-state index in [4.69, 9.17) is 4.74 Å². The average molecular weight is 338 g/mol. The standard InChI is InChI=1S/C20H22N2O3/c1-15-7-9-16(10-8-15)13-19(23)21-12-11-18-14-22(20(24)25-18)17-5-3-2-4-6-17/h2-10,18H,11-14H2,1H3,(H,21,23). The van der Waals surface area contributed by atoms with Gasteiger partial charge in [-0.1, -0.05) is 48.0 Å². The van der Waals surface area contributed by atoms with Crippen molar-refractivity contribution in [2.24, 2.45) is 0 Å². The highest BCUT2D eigenvalue weighted by Crippen LogP contribution is 2.22. The maximum Gasteiger partial charge on any atom is 0.414 e. The van der Waals surface area contributed by atoms with E-state index in [-0.39, 0.29) is 18.1 Å². The minimum atomic E-state index is -0.331. The summed E-state index contributed by atoms with van der Waals surface area (Å²) in [5.41, 5.74) is 3.00. The van der Waals surface area contributed by atoms with Crippen molar-refractivity contribution in [1.29, 1.82) is 0 Å². The normalized spacial score (nSPS) is 16.6. The van der Waals surface area contributed by atoms with Gasteiger partial charge < -0.3 is 10.1 Å². The second-order valence-electron chi connectivity index (χ2n) is 6.25. The summed E-state index contributed by atoms with van der Waals surface area (Å²) in [5.74, 6) is -0.0203. The number of amides is 2. The lowest BCUT2D eigenvalue weighted by molar-refractivity contribution is -0.120. The molecule has 5 heteroatoms. The molecular formula is C20H22N2O3. The molecule has 5 nitrogen and oxygen atoms in total. The fourth-order valence-electron chi connectivity index (χ4n) is 2.82. The molecule has 0 bridgehead atoms. The number of cyclic esters (lactones) is 1. The maximum absolute atomic E-state index is 12.0. The molecule has 2 aromatic carbocycles. The molecule has 1 N–H and O–H groups in total. The van der Waals surface area contributed by atoms with Crippen molar-refractivity contribution in [3.05, 3.63) is 65.7 Å². The number of carbonyl (C=O) groups excluding carboxylic acids is 2. The second kappa shape index (κ2) is 7.83. The van der Waals surface area contributed by atoms with Gasteiger partial charge in [0.05, 0.1) is 13.0 Å². The number of anilines is 1. The smallest absolute Gasteiger partial charge is 0.414 e. The van der Waals surface area contributed by atoms with Crippen molar-refractivity contribution in [1.82, 2.24) is 5.32 Å². The van der Waals surface area contributed by atoms with Crippen LogP contribution in [0.15, 0.2) is 54.6 Å². The van der Waals surface area contributed by atoms with Crippen LogP contribution in [0, 0.1) is 6.92 Å². The number of carbonyl (C=O) groups is 2. The van der Waals surface area contributed by atoms with E-state index in [2.05, 4.69) is 5.32 Å². The summed E-state index contributed by atoms with van der Waals surface area (Å²) < 4.78 is 5.38. The Kier molecular flexibility index (Phi) is 5.33. The van der Waals surface area contributed by atoms with E-state index in [1.807, 2.05) is 61.5 Å². The van der Waals surface area contributed by atoms with Gasteiger partial charge >= 0.3 is 6.09 Å². The number of para-hydroxylation sites is 1. The summed E-state index contributed by atoms with van der Waals surface area (Å²) in [6.45, 7) is 3.02. The fraction of sp³-hybridized carbons (Fsp3) is 0.300. The van der Waals surface area contributed by atoms with Gasteiger partial charge in [-0.25, -0.2) is 4.79 Å². The van der Waals surface area contributed by atoms with Crippen molar-refractivity contribution in [2.45, 2.75) is 25.9 Å². The Morgan fingerprint density at radius 1 is 1.16 bits per heavy atom. The van der Waals surface area contributed by atoms with Gasteiger partial charge in [-0.15, -0.1) is 0 Å². The third-order valence-corrected chi connectivity index (χ3v) is 4.22. The summed E-state index contributed by atoms with van der Waals surface area (Å²) in [4.78, 5) is 25.6. The molecule has 0 aromatic heterocycles. The van der Waals surface area contributed by atoms with E-state index in [1.54, 1.807) is 4.90 Å². The Bertz CT molecular complexity index is 728. The van der Waals surface area contributed by atoms with E-state index in [0.717, 1.165) is 11.3 Å². The van der Waals surface area contributed by atoms with E-state index in [1.165, 1.54) is 5.56 Å². The predicted octanol–water partition coefficient (Wildman–Crippen LogP) is 3.07. The van der Waals surface area contributed by atoms with Crippen molar-refractivity contribution < 1.29 is 14.3 Å². The molecule has 1 heterocycles. The molecule has 0 saturated carbocycles. The zero-order valence-corrected chi connectivity index (χ0v) is 14.3. The zero-order valence-electron chi connectivity index (χ0n) is 14.3. The van der Waals surface area contributed by atoms with E-state index in [0.29, 0.717) is 25.9 Å². The van der Waals surface area contributed by atoms with Crippen LogP contribution < -0.4 is 10.2 Å². The Morgan fingerprint density at radius 3 is 2.60 bits per heavy atom. The maximum atomic E-state index is 12.0. The zero-order chi connectivity index (χ0) is 17.6. The summed E-state index contributed by atoms with van der Waals surface area (Å²) in [5, 5.41) is 2.89. The molecule has 1 atom stereocenters. The Balaban J connectivity index is 1.43. The Hall–Kier alpha value is -2.82. The first-order chi connectivity index (χ1) is 12.1. The van der Waals surface area contributed by atoms with Crippen LogP contribution in [0.1, 0.15) is 17.5 Å². The molecule has 1 aliphatic heterocycles. The molecule has 0 spiro atoms. The summed E-state index contributed by atoms with van der Waals surface area (Å²) in [6.07, 6.45) is 0.435. The molecule has 1 aliphatic rings. The number of benzene rings is 2. The number of nitrogens with one attached hydrogen (secondary N) is 1. The molecule has 25 heavy (non-hydrogen) atoms. The van der Waals surface area contributed by atoms with E-state index >= 15 is 0 Å². The van der Waals surface area contributed by atoms with Crippen LogP contribution in [0.25, 0.3) is 0 Å². The van der Waals surface area contributed by atoms with Crippen LogP contribution in [-0.4, -0.2) is 31.2 Å². The number of aryl methyl sites for hydroxylation is 1. The SMILES string of the molecule is Cc1ccc(CC(=O)NCCC2CN(c3ccccc3)C(=O)O2)cc1. The predicted molar refractivity (Wildman–Crippen MR) is 96.6 cm³/mol. The lowest BCUT2D eigenvalue weighted by atomic mass is 10.1. The van der Waals surface area contributed by atoms with E-state index in [9.17, 15) is 9.59 Å². The van der Waals surface area contributed by atoms with Gasteiger partial charge in [0.1, 0.15) is 6.10 Å². The van der Waals surface area contributed by atoms with Crippen LogP contribution in [0.2, 0.25) is 0 Å². The van der Waals surface area contributed by atoms with Gasteiger partial charge in [0.15, 0.2) is 0 Å². The number of hydrogen-bond acceptors (Lipinski definition) is 3. The first-order valence-electron chi connectivity index (χ1n) is 8.47. The highest BCUT2D eigenvalue weighted by molar-refractivity contribution is 5.89. The van der Waals surface area contributed by atoms with Crippen LogP contribution in [0.3, 0.4) is 0 Å². The molecule has 2 amide bonds. The first kappa shape index (κ1) is 17.0. The Labute approximate surface area is 147 Å². The molecular weight excluding hydrogens is 316 g/mol. The van der Waals surface area contributed by atoms with Crippen LogP contribution in [0.4, 0.5) is 10.5 Å². The highest BCUT2D eigenvalue weighted by Gasteiger charge is 2.31. The van der Waals surface area contributed by atoms with Gasteiger partial charge in [0, 0.05) is 18.7 Å². The van der Waals surface area contributed by atoms with Crippen LogP contribution in [0.5, 0.6) is 0 Å². The topological polar surface area (TPSA) is 58.6 Å². The van der Waals surface area contributed by atoms with Crippen molar-refractivity contribution in [3.8, 4) is 0 Å². The second-order valence-corrected chi connectivity index (χ2v) is 6.25. The third kappa shape index (κ3) is 4.59. The van der Waals surface area contributed by atoms with Gasteiger partial charge in [0.25, 0.3) is 0 Å². The lowest BCUT2D eigenvalue weighted by Gasteiger charge is -2.12. The number of rotatable bonds is 6. The minimum absolute atomic E-state index is 0.0203. The first-order valence-corrected chi connectivity index (χ1v) is 8.47. The summed E-state index contributed by atoms with van der Waals surface area (Å²) in [7, 11) is 0. The van der Waals surface area contributed by atoms with Crippen molar-refractivity contribution >= 4 is 17.7 Å². The number of nitrogens with zero attached hydrogens (tertiary/aromatic N) is 1. The number of ether oxygens (including phenoxy) is 1. The average Bonchev–Trinajstić information content (AvgIpc) is 2.98. The van der Waals surface area contributed by atoms with Gasteiger partial charge in [-0.3, -0.25) is 9.69 Å². The minimum Gasteiger partial charge on any atom is -0.444 e. The molecule has 3 rings (SSSR count). The van der Waals surface area contributed by atoms with Crippen molar-refractivity contribution in [2.75, 3.05) is 18.0 Å². The van der Waals surface area contributed by atoms with Crippen LogP contribution >= 0.6 is 0 Å². The molecule has 0 radical (unpaired) electrons. The molecule has 1 saturated heterocycles. The van der Waals surface area contributed by atoms with Gasteiger partial charge in [0.2, 0.25) is 5.91 Å². The van der Waals surface area contributed by atoms with Crippen LogP contribution in [-0.2, 0) is 16.0 Å². The van der Waals surface area contributed by atoms with Crippen molar-refractivity contribution in [3.63, 3.8) is 0 Å². The van der Waals surface area contributed by atoms with E-state index < -0.39 is 0 Å². The quantitative estimate of drug-likeness (QED) is 0.881. The molecule has 1 fully saturated rings. The number of hydrogen-bond donors (Lipinski definition) is 1. The summed E-state index contributed by atoms with van der Waals surface area (Å²) >= 11 is 0. The molecule has 130 valence electrons. The Morgan fingerprint density at radius 2 is 1.88 bits per heavy atom. The molecule has 1 unspecified atom stereocenters. The van der Waals surface area contributed by atoms with Gasteiger partial charge in [-0.2, -0.15) is 0 Å². The fourth-order valence-corrected chi connectivity index (χ4v) is 2.82. The molecule has 2 aromatic rings. The largest absolute Gasteiger partial charge is 0.444 e. The third-order valence-electron chi connectivity index (χ3n) is 4.22. The summed E-state index contributed by atoms with van der Waals surface area (Å²) in [6, 6.07) is 17.4. The monoisotopic (exact) mass is 338 g/mol. The molecule has 0 aliphatic carbocycles. The highest BCUT2D eigenvalue weighted by atomic mass is 16.6. The lowest BCUT2D eigenvalue weighted by Crippen LogP contribution is -2.30.